The molecule has 2 N–H and O–H groups in total. The van der Waals surface area contributed by atoms with Crippen molar-refractivity contribution in [3.05, 3.63) is 35.9 Å². The van der Waals surface area contributed by atoms with E-state index in [1.165, 1.54) is 5.56 Å². The summed E-state index contributed by atoms with van der Waals surface area (Å²) in [6.45, 7) is 5.60. The predicted octanol–water partition coefficient (Wildman–Crippen LogP) is 1.79. The molecule has 0 radical (unpaired) electrons. The minimum atomic E-state index is -0.238. The van der Waals surface area contributed by atoms with Crippen LogP contribution < -0.4 is 5.32 Å². The number of benzene rings is 1. The van der Waals surface area contributed by atoms with Crippen LogP contribution in [0.25, 0.3) is 0 Å². The first-order chi connectivity index (χ1) is 6.70. The van der Waals surface area contributed by atoms with Gasteiger partial charge in [0.05, 0.1) is 6.10 Å². The number of rotatable bonds is 5. The molecule has 0 fully saturated rings. The molecule has 0 spiro atoms. The third-order valence-electron chi connectivity index (χ3n) is 2.46. The average molecular weight is 193 g/mol. The van der Waals surface area contributed by atoms with Gasteiger partial charge >= 0.3 is 0 Å². The van der Waals surface area contributed by atoms with Crippen LogP contribution in [-0.4, -0.2) is 17.8 Å². The van der Waals surface area contributed by atoms with Gasteiger partial charge in [0.1, 0.15) is 0 Å². The standard InChI is InChI=1S/C12H19NO/c1-10(11(2)14)8-13-9-12-6-4-3-5-7-12/h3-7,10-11,13-14H,8-9H2,1-2H3. The van der Waals surface area contributed by atoms with Gasteiger partial charge in [0.15, 0.2) is 0 Å². The molecular formula is C12H19NO. The van der Waals surface area contributed by atoms with Gasteiger partial charge < -0.3 is 10.4 Å². The molecule has 0 saturated heterocycles. The van der Waals surface area contributed by atoms with Crippen molar-refractivity contribution in [3.8, 4) is 0 Å². The topological polar surface area (TPSA) is 32.3 Å². The Balaban J connectivity index is 2.22. The highest BCUT2D eigenvalue weighted by Gasteiger charge is 2.07. The maximum atomic E-state index is 9.28. The molecule has 0 heterocycles. The highest BCUT2D eigenvalue weighted by atomic mass is 16.3. The van der Waals surface area contributed by atoms with Crippen molar-refractivity contribution in [2.24, 2.45) is 5.92 Å². The first-order valence-electron chi connectivity index (χ1n) is 5.13. The Morgan fingerprint density at radius 2 is 1.86 bits per heavy atom. The van der Waals surface area contributed by atoms with E-state index in [-0.39, 0.29) is 6.10 Å². The first-order valence-corrected chi connectivity index (χ1v) is 5.13. The lowest BCUT2D eigenvalue weighted by molar-refractivity contribution is 0.134. The second-order valence-corrected chi connectivity index (χ2v) is 3.83. The maximum absolute atomic E-state index is 9.28. The number of hydrogen-bond donors (Lipinski definition) is 2. The van der Waals surface area contributed by atoms with Crippen molar-refractivity contribution in [3.63, 3.8) is 0 Å². The molecule has 78 valence electrons. The Labute approximate surface area is 86.0 Å². The quantitative estimate of drug-likeness (QED) is 0.747. The SMILES string of the molecule is CC(O)C(C)CNCc1ccccc1. The van der Waals surface area contributed by atoms with Crippen LogP contribution >= 0.6 is 0 Å². The fourth-order valence-corrected chi connectivity index (χ4v) is 1.21. The zero-order valence-electron chi connectivity index (χ0n) is 8.90. The van der Waals surface area contributed by atoms with Crippen LogP contribution in [0.15, 0.2) is 30.3 Å². The Bertz CT molecular complexity index is 246. The van der Waals surface area contributed by atoms with Gasteiger partial charge in [-0.05, 0) is 18.4 Å². The van der Waals surface area contributed by atoms with E-state index in [1.54, 1.807) is 0 Å². The molecule has 14 heavy (non-hydrogen) atoms. The lowest BCUT2D eigenvalue weighted by Crippen LogP contribution is -2.27. The fraction of sp³-hybridized carbons (Fsp3) is 0.500. The summed E-state index contributed by atoms with van der Waals surface area (Å²) in [6.07, 6.45) is -0.238. The summed E-state index contributed by atoms with van der Waals surface area (Å²) < 4.78 is 0. The van der Waals surface area contributed by atoms with E-state index < -0.39 is 0 Å². The van der Waals surface area contributed by atoms with Crippen LogP contribution in [0.3, 0.4) is 0 Å². The van der Waals surface area contributed by atoms with Crippen molar-refractivity contribution in [1.82, 2.24) is 5.32 Å². The van der Waals surface area contributed by atoms with Crippen LogP contribution in [-0.2, 0) is 6.54 Å². The molecule has 2 nitrogen and oxygen atoms in total. The van der Waals surface area contributed by atoms with Gasteiger partial charge in [-0.2, -0.15) is 0 Å². The normalized spacial score (nSPS) is 15.1. The summed E-state index contributed by atoms with van der Waals surface area (Å²) >= 11 is 0. The molecule has 0 saturated carbocycles. The minimum Gasteiger partial charge on any atom is -0.393 e. The Hall–Kier alpha value is -0.860. The zero-order valence-corrected chi connectivity index (χ0v) is 8.90. The molecule has 0 amide bonds. The number of hydrogen-bond acceptors (Lipinski definition) is 2. The molecule has 1 aromatic carbocycles. The van der Waals surface area contributed by atoms with Crippen LogP contribution in [0.1, 0.15) is 19.4 Å². The molecule has 1 rings (SSSR count). The summed E-state index contributed by atoms with van der Waals surface area (Å²) in [7, 11) is 0. The van der Waals surface area contributed by atoms with E-state index >= 15 is 0 Å². The van der Waals surface area contributed by atoms with E-state index in [9.17, 15) is 5.11 Å². The third kappa shape index (κ3) is 3.90. The van der Waals surface area contributed by atoms with E-state index in [0.717, 1.165) is 13.1 Å². The van der Waals surface area contributed by atoms with Crippen LogP contribution in [0.2, 0.25) is 0 Å². The van der Waals surface area contributed by atoms with Crippen molar-refractivity contribution in [2.75, 3.05) is 6.54 Å². The van der Waals surface area contributed by atoms with Gasteiger partial charge in [-0.1, -0.05) is 37.3 Å². The van der Waals surface area contributed by atoms with Gasteiger partial charge in [0.2, 0.25) is 0 Å². The van der Waals surface area contributed by atoms with Crippen molar-refractivity contribution in [1.29, 1.82) is 0 Å². The summed E-state index contributed by atoms with van der Waals surface area (Å²) in [5, 5.41) is 12.6. The summed E-state index contributed by atoms with van der Waals surface area (Å²) in [5.41, 5.74) is 1.28. The van der Waals surface area contributed by atoms with Crippen LogP contribution in [0, 0.1) is 5.92 Å². The molecular weight excluding hydrogens is 174 g/mol. The third-order valence-corrected chi connectivity index (χ3v) is 2.46. The van der Waals surface area contributed by atoms with Crippen LogP contribution in [0.5, 0.6) is 0 Å². The van der Waals surface area contributed by atoms with E-state index in [4.69, 9.17) is 0 Å². The largest absolute Gasteiger partial charge is 0.393 e. The first kappa shape index (κ1) is 11.2. The highest BCUT2D eigenvalue weighted by molar-refractivity contribution is 5.14. The molecule has 0 bridgehead atoms. The van der Waals surface area contributed by atoms with Gasteiger partial charge in [0, 0.05) is 13.1 Å². The van der Waals surface area contributed by atoms with E-state index in [2.05, 4.69) is 17.4 Å². The van der Waals surface area contributed by atoms with Gasteiger partial charge in [-0.15, -0.1) is 0 Å². The smallest absolute Gasteiger partial charge is 0.0549 e. The summed E-state index contributed by atoms with van der Waals surface area (Å²) in [6, 6.07) is 10.3. The molecule has 1 aromatic rings. The minimum absolute atomic E-state index is 0.238. The van der Waals surface area contributed by atoms with Gasteiger partial charge in [-0.3, -0.25) is 0 Å². The van der Waals surface area contributed by atoms with Gasteiger partial charge in [0.25, 0.3) is 0 Å². The molecule has 2 heteroatoms. The monoisotopic (exact) mass is 193 g/mol. The molecule has 0 aliphatic rings. The lowest BCUT2D eigenvalue weighted by Gasteiger charge is -2.15. The lowest BCUT2D eigenvalue weighted by atomic mass is 10.1. The maximum Gasteiger partial charge on any atom is 0.0549 e. The number of aliphatic hydroxyl groups excluding tert-OH is 1. The second-order valence-electron chi connectivity index (χ2n) is 3.83. The van der Waals surface area contributed by atoms with Crippen molar-refractivity contribution >= 4 is 0 Å². The second kappa shape index (κ2) is 5.78. The number of nitrogens with one attached hydrogen (secondary N) is 1. The summed E-state index contributed by atoms with van der Waals surface area (Å²) in [5.74, 6) is 0.304. The highest BCUT2D eigenvalue weighted by Crippen LogP contribution is 2.01. The molecule has 0 aromatic heterocycles. The molecule has 0 aliphatic carbocycles. The Kier molecular flexibility index (Phi) is 4.63. The average Bonchev–Trinajstić information content (AvgIpc) is 2.19. The Morgan fingerprint density at radius 3 is 2.43 bits per heavy atom. The van der Waals surface area contributed by atoms with Crippen LogP contribution in [0.4, 0.5) is 0 Å². The molecule has 2 atom stereocenters. The van der Waals surface area contributed by atoms with E-state index in [1.807, 2.05) is 32.0 Å². The fourth-order valence-electron chi connectivity index (χ4n) is 1.21. The predicted molar refractivity (Wildman–Crippen MR) is 59.0 cm³/mol. The Morgan fingerprint density at radius 1 is 1.21 bits per heavy atom. The summed E-state index contributed by atoms with van der Waals surface area (Å²) in [4.78, 5) is 0. The van der Waals surface area contributed by atoms with Gasteiger partial charge in [-0.25, -0.2) is 0 Å². The van der Waals surface area contributed by atoms with E-state index in [0.29, 0.717) is 5.92 Å². The number of aliphatic hydroxyl groups is 1. The molecule has 2 unspecified atom stereocenters. The zero-order chi connectivity index (χ0) is 10.4. The van der Waals surface area contributed by atoms with Crippen molar-refractivity contribution < 1.29 is 5.11 Å². The molecule has 0 aliphatic heterocycles. The van der Waals surface area contributed by atoms with Crippen molar-refractivity contribution in [2.45, 2.75) is 26.5 Å².